The molecule has 1 amide bonds. The summed E-state index contributed by atoms with van der Waals surface area (Å²) in [5, 5.41) is 14.3. The second-order valence-electron chi connectivity index (χ2n) is 5.77. The molecular formula is C20H12Cl2N2O2. The summed E-state index contributed by atoms with van der Waals surface area (Å²) in [6, 6.07) is 18.0. The van der Waals surface area contributed by atoms with Crippen LogP contribution in [0.1, 0.15) is 10.4 Å². The van der Waals surface area contributed by atoms with Crippen molar-refractivity contribution >= 4 is 56.5 Å². The van der Waals surface area contributed by atoms with Crippen LogP contribution in [0.4, 0.5) is 5.69 Å². The molecule has 2 N–H and O–H groups in total. The van der Waals surface area contributed by atoms with Gasteiger partial charge in [0.25, 0.3) is 5.91 Å². The van der Waals surface area contributed by atoms with Gasteiger partial charge in [-0.05, 0) is 41.1 Å². The molecule has 4 rings (SSSR count). The highest BCUT2D eigenvalue weighted by Crippen LogP contribution is 2.27. The highest BCUT2D eigenvalue weighted by atomic mass is 35.5. The molecule has 0 spiro atoms. The van der Waals surface area contributed by atoms with Crippen LogP contribution in [0.3, 0.4) is 0 Å². The summed E-state index contributed by atoms with van der Waals surface area (Å²) in [6.07, 6.45) is 0. The average molecular weight is 383 g/mol. The van der Waals surface area contributed by atoms with E-state index in [0.29, 0.717) is 21.3 Å². The van der Waals surface area contributed by atoms with Crippen LogP contribution in [0.5, 0.6) is 0 Å². The SMILES string of the molecule is N=c1oc2ccc3ccccc3c2cc1C(=O)Nc1ccc(Cl)c(Cl)c1. The molecule has 0 aliphatic carbocycles. The number of carbonyl (C=O) groups is 1. The fourth-order valence-electron chi connectivity index (χ4n) is 2.83. The van der Waals surface area contributed by atoms with E-state index in [1.807, 2.05) is 30.3 Å². The minimum absolute atomic E-state index is 0.139. The van der Waals surface area contributed by atoms with E-state index in [1.165, 1.54) is 0 Å². The molecule has 0 saturated heterocycles. The van der Waals surface area contributed by atoms with E-state index in [2.05, 4.69) is 5.32 Å². The Balaban J connectivity index is 1.81. The monoisotopic (exact) mass is 382 g/mol. The van der Waals surface area contributed by atoms with E-state index in [-0.39, 0.29) is 11.1 Å². The molecule has 1 aromatic heterocycles. The Labute approximate surface area is 158 Å². The van der Waals surface area contributed by atoms with Crippen molar-refractivity contribution in [3.63, 3.8) is 0 Å². The van der Waals surface area contributed by atoms with E-state index >= 15 is 0 Å². The van der Waals surface area contributed by atoms with Gasteiger partial charge in [-0.1, -0.05) is 53.5 Å². The molecule has 0 unspecified atom stereocenters. The number of rotatable bonds is 2. The number of hydrogen-bond donors (Lipinski definition) is 2. The summed E-state index contributed by atoms with van der Waals surface area (Å²) in [5.41, 5.74) is 0.979. The van der Waals surface area contributed by atoms with Crippen LogP contribution >= 0.6 is 23.2 Å². The molecule has 0 aliphatic rings. The highest BCUT2D eigenvalue weighted by molar-refractivity contribution is 6.42. The van der Waals surface area contributed by atoms with Crippen molar-refractivity contribution in [2.24, 2.45) is 0 Å². The second-order valence-corrected chi connectivity index (χ2v) is 6.59. The molecule has 26 heavy (non-hydrogen) atoms. The Morgan fingerprint density at radius 2 is 1.73 bits per heavy atom. The molecule has 0 bridgehead atoms. The van der Waals surface area contributed by atoms with Crippen molar-refractivity contribution in [2.45, 2.75) is 0 Å². The molecule has 0 aliphatic heterocycles. The minimum Gasteiger partial charge on any atom is -0.438 e. The normalized spacial score (nSPS) is 11.0. The van der Waals surface area contributed by atoms with Crippen molar-refractivity contribution < 1.29 is 9.21 Å². The Morgan fingerprint density at radius 3 is 2.54 bits per heavy atom. The maximum Gasteiger partial charge on any atom is 0.261 e. The number of benzene rings is 3. The third-order valence-corrected chi connectivity index (χ3v) is 4.84. The van der Waals surface area contributed by atoms with Crippen LogP contribution in [0.2, 0.25) is 10.0 Å². The number of nitrogens with one attached hydrogen (secondary N) is 2. The van der Waals surface area contributed by atoms with Crippen molar-refractivity contribution in [3.8, 4) is 0 Å². The smallest absolute Gasteiger partial charge is 0.261 e. The zero-order valence-electron chi connectivity index (χ0n) is 13.3. The highest BCUT2D eigenvalue weighted by Gasteiger charge is 2.14. The van der Waals surface area contributed by atoms with Gasteiger partial charge in [0.15, 0.2) is 0 Å². The number of carbonyl (C=O) groups excluding carboxylic acids is 1. The predicted octanol–water partition coefficient (Wildman–Crippen LogP) is 5.62. The first-order valence-electron chi connectivity index (χ1n) is 7.79. The first-order chi connectivity index (χ1) is 12.5. The number of halogens is 2. The number of hydrogen-bond acceptors (Lipinski definition) is 3. The third-order valence-electron chi connectivity index (χ3n) is 4.10. The van der Waals surface area contributed by atoms with Crippen molar-refractivity contribution in [1.29, 1.82) is 5.41 Å². The van der Waals surface area contributed by atoms with E-state index in [4.69, 9.17) is 33.0 Å². The van der Waals surface area contributed by atoms with Crippen molar-refractivity contribution in [2.75, 3.05) is 5.32 Å². The molecule has 128 valence electrons. The molecule has 0 radical (unpaired) electrons. The first kappa shape index (κ1) is 16.6. The zero-order chi connectivity index (χ0) is 18.3. The van der Waals surface area contributed by atoms with Crippen LogP contribution in [-0.4, -0.2) is 5.91 Å². The largest absolute Gasteiger partial charge is 0.438 e. The molecule has 6 heteroatoms. The fourth-order valence-corrected chi connectivity index (χ4v) is 3.13. The summed E-state index contributed by atoms with van der Waals surface area (Å²) in [6.45, 7) is 0. The van der Waals surface area contributed by atoms with Gasteiger partial charge < -0.3 is 9.73 Å². The Hall–Kier alpha value is -2.82. The van der Waals surface area contributed by atoms with Gasteiger partial charge in [-0.3, -0.25) is 10.2 Å². The lowest BCUT2D eigenvalue weighted by atomic mass is 10.0. The molecule has 0 saturated carbocycles. The summed E-state index contributed by atoms with van der Waals surface area (Å²) in [4.78, 5) is 12.6. The van der Waals surface area contributed by atoms with Crippen LogP contribution < -0.4 is 10.9 Å². The van der Waals surface area contributed by atoms with Crippen molar-refractivity contribution in [3.05, 3.63) is 81.8 Å². The molecule has 0 fully saturated rings. The maximum absolute atomic E-state index is 12.6. The summed E-state index contributed by atoms with van der Waals surface area (Å²) >= 11 is 11.9. The topological polar surface area (TPSA) is 66.1 Å². The second kappa shape index (κ2) is 6.48. The van der Waals surface area contributed by atoms with Gasteiger partial charge in [0.2, 0.25) is 5.55 Å². The molecule has 4 aromatic rings. The molecule has 4 nitrogen and oxygen atoms in total. The first-order valence-corrected chi connectivity index (χ1v) is 8.55. The van der Waals surface area contributed by atoms with E-state index in [1.54, 1.807) is 30.3 Å². The minimum atomic E-state index is -0.452. The Bertz CT molecular complexity index is 1230. The fraction of sp³-hybridized carbons (Fsp3) is 0. The third kappa shape index (κ3) is 2.94. The standard InChI is InChI=1S/C20H12Cl2N2O2/c21-16-7-6-12(9-17(16)22)24-20(25)15-10-14-13-4-2-1-3-11(13)5-8-18(14)26-19(15)23/h1-10,23H,(H,24,25). The lowest BCUT2D eigenvalue weighted by Crippen LogP contribution is -2.20. The maximum atomic E-state index is 12.6. The average Bonchev–Trinajstić information content (AvgIpc) is 2.64. The van der Waals surface area contributed by atoms with Crippen LogP contribution in [-0.2, 0) is 0 Å². The number of amides is 1. The van der Waals surface area contributed by atoms with Crippen LogP contribution in [0.15, 0.2) is 65.1 Å². The zero-order valence-corrected chi connectivity index (χ0v) is 14.9. The van der Waals surface area contributed by atoms with Gasteiger partial charge in [-0.25, -0.2) is 0 Å². The summed E-state index contributed by atoms with van der Waals surface area (Å²) in [7, 11) is 0. The van der Waals surface area contributed by atoms with E-state index in [0.717, 1.165) is 16.2 Å². The summed E-state index contributed by atoms with van der Waals surface area (Å²) in [5.74, 6) is -0.452. The summed E-state index contributed by atoms with van der Waals surface area (Å²) < 4.78 is 5.56. The van der Waals surface area contributed by atoms with Gasteiger partial charge in [0.1, 0.15) is 11.1 Å². The molecule has 0 atom stereocenters. The van der Waals surface area contributed by atoms with Crippen molar-refractivity contribution in [1.82, 2.24) is 0 Å². The van der Waals surface area contributed by atoms with Gasteiger partial charge in [-0.2, -0.15) is 0 Å². The van der Waals surface area contributed by atoms with Gasteiger partial charge in [0, 0.05) is 11.1 Å². The number of fused-ring (bicyclic) bond motifs is 3. The lowest BCUT2D eigenvalue weighted by molar-refractivity contribution is 0.102. The van der Waals surface area contributed by atoms with Gasteiger partial charge in [0.05, 0.1) is 10.0 Å². The van der Waals surface area contributed by atoms with Gasteiger partial charge in [-0.15, -0.1) is 0 Å². The Kier molecular flexibility index (Phi) is 4.15. The van der Waals surface area contributed by atoms with Crippen LogP contribution in [0, 0.1) is 5.41 Å². The van der Waals surface area contributed by atoms with E-state index < -0.39 is 5.91 Å². The number of anilines is 1. The van der Waals surface area contributed by atoms with E-state index in [9.17, 15) is 4.79 Å². The molecular weight excluding hydrogens is 371 g/mol. The molecule has 3 aromatic carbocycles. The predicted molar refractivity (Wildman–Crippen MR) is 104 cm³/mol. The quantitative estimate of drug-likeness (QED) is 0.441. The Morgan fingerprint density at radius 1 is 0.923 bits per heavy atom. The molecule has 1 heterocycles. The van der Waals surface area contributed by atoms with Crippen LogP contribution in [0.25, 0.3) is 21.7 Å². The lowest BCUT2D eigenvalue weighted by Gasteiger charge is -2.08. The van der Waals surface area contributed by atoms with Gasteiger partial charge >= 0.3 is 0 Å².